The lowest BCUT2D eigenvalue weighted by molar-refractivity contribution is -0.114. The van der Waals surface area contributed by atoms with Crippen molar-refractivity contribution in [1.82, 2.24) is 14.9 Å². The summed E-state index contributed by atoms with van der Waals surface area (Å²) in [6.07, 6.45) is 0.778. The van der Waals surface area contributed by atoms with Crippen molar-refractivity contribution in [2.75, 3.05) is 11.9 Å². The van der Waals surface area contributed by atoms with Gasteiger partial charge in [0.2, 0.25) is 5.91 Å². The van der Waals surface area contributed by atoms with Crippen molar-refractivity contribution in [2.24, 2.45) is 0 Å². The zero-order chi connectivity index (χ0) is 19.4. The third kappa shape index (κ3) is 4.40. The molecule has 7 nitrogen and oxygen atoms in total. The molecule has 1 aromatic carbocycles. The number of aromatic nitrogens is 2. The predicted octanol–water partition coefficient (Wildman–Crippen LogP) is 3.00. The Morgan fingerprint density at radius 3 is 2.63 bits per heavy atom. The average molecular weight is 384 g/mol. The highest BCUT2D eigenvalue weighted by atomic mass is 32.1. The summed E-state index contributed by atoms with van der Waals surface area (Å²) in [6.45, 7) is 4.18. The molecular weight excluding hydrogens is 364 g/mol. The van der Waals surface area contributed by atoms with Crippen LogP contribution >= 0.6 is 11.3 Å². The number of nitrogens with one attached hydrogen (secondary N) is 2. The van der Waals surface area contributed by atoms with E-state index in [2.05, 4.69) is 15.3 Å². The summed E-state index contributed by atoms with van der Waals surface area (Å²) in [4.78, 5) is 45.0. The van der Waals surface area contributed by atoms with E-state index in [-0.39, 0.29) is 23.9 Å². The molecule has 0 unspecified atom stereocenters. The Labute approximate surface area is 160 Å². The fraction of sp³-hybridized carbons (Fsp3) is 0.263. The van der Waals surface area contributed by atoms with E-state index in [1.807, 2.05) is 12.3 Å². The van der Waals surface area contributed by atoms with E-state index >= 15 is 0 Å². The lowest BCUT2D eigenvalue weighted by Gasteiger charge is -2.21. The molecule has 3 aromatic rings. The van der Waals surface area contributed by atoms with Crippen LogP contribution in [0.15, 0.2) is 40.5 Å². The number of benzene rings is 1. The normalized spacial score (nSPS) is 10.7. The van der Waals surface area contributed by atoms with Crippen LogP contribution < -0.4 is 10.9 Å². The van der Waals surface area contributed by atoms with Crippen molar-refractivity contribution in [2.45, 2.75) is 26.8 Å². The van der Waals surface area contributed by atoms with Crippen molar-refractivity contribution in [3.8, 4) is 0 Å². The number of carbonyl (C=O) groups is 2. The second kappa shape index (κ2) is 8.13. The maximum atomic E-state index is 12.9. The van der Waals surface area contributed by atoms with Crippen LogP contribution in [0.1, 0.15) is 36.5 Å². The Bertz CT molecular complexity index is 1020. The monoisotopic (exact) mass is 384 g/mol. The molecule has 0 fully saturated rings. The first-order valence-electron chi connectivity index (χ1n) is 8.61. The lowest BCUT2D eigenvalue weighted by Crippen LogP contribution is -2.32. The Hall–Kier alpha value is -3.00. The second-order valence-electron chi connectivity index (χ2n) is 6.13. The molecule has 0 bridgehead atoms. The van der Waals surface area contributed by atoms with Crippen molar-refractivity contribution < 1.29 is 9.59 Å². The van der Waals surface area contributed by atoms with Gasteiger partial charge in [-0.1, -0.05) is 6.92 Å². The first kappa shape index (κ1) is 18.8. The van der Waals surface area contributed by atoms with Crippen LogP contribution in [0.2, 0.25) is 0 Å². The fourth-order valence-corrected chi connectivity index (χ4v) is 3.51. The van der Waals surface area contributed by atoms with E-state index in [4.69, 9.17) is 0 Å². The summed E-state index contributed by atoms with van der Waals surface area (Å²) in [5, 5.41) is 4.49. The van der Waals surface area contributed by atoms with Gasteiger partial charge in [-0.05, 0) is 42.1 Å². The zero-order valence-electron chi connectivity index (χ0n) is 15.1. The fourth-order valence-electron chi connectivity index (χ4n) is 2.78. The first-order valence-corrected chi connectivity index (χ1v) is 9.49. The highest BCUT2D eigenvalue weighted by Gasteiger charge is 2.17. The number of nitrogens with zero attached hydrogens (tertiary/aromatic N) is 2. The van der Waals surface area contributed by atoms with Gasteiger partial charge in [0.1, 0.15) is 10.5 Å². The van der Waals surface area contributed by atoms with Crippen LogP contribution in [0.5, 0.6) is 0 Å². The van der Waals surface area contributed by atoms with Crippen LogP contribution in [0.25, 0.3) is 10.2 Å². The van der Waals surface area contributed by atoms with Gasteiger partial charge in [-0.25, -0.2) is 4.98 Å². The van der Waals surface area contributed by atoms with Gasteiger partial charge in [0.15, 0.2) is 0 Å². The van der Waals surface area contributed by atoms with Crippen molar-refractivity contribution in [1.29, 1.82) is 0 Å². The number of rotatable bonds is 6. The number of hydrogen-bond donors (Lipinski definition) is 2. The second-order valence-corrected chi connectivity index (χ2v) is 7.05. The molecule has 0 aliphatic heterocycles. The number of H-pyrrole nitrogens is 1. The number of fused-ring (bicyclic) bond motifs is 1. The Balaban J connectivity index is 1.82. The van der Waals surface area contributed by atoms with Crippen LogP contribution in [0.4, 0.5) is 5.69 Å². The molecule has 0 spiro atoms. The summed E-state index contributed by atoms with van der Waals surface area (Å²) >= 11 is 1.34. The van der Waals surface area contributed by atoms with Gasteiger partial charge in [-0.2, -0.15) is 0 Å². The Morgan fingerprint density at radius 2 is 1.96 bits per heavy atom. The number of thiophene rings is 1. The van der Waals surface area contributed by atoms with Gasteiger partial charge in [-0.15, -0.1) is 11.3 Å². The quantitative estimate of drug-likeness (QED) is 0.683. The molecule has 2 heterocycles. The van der Waals surface area contributed by atoms with Gasteiger partial charge >= 0.3 is 0 Å². The molecule has 0 saturated heterocycles. The van der Waals surface area contributed by atoms with Gasteiger partial charge in [0.05, 0.1) is 12.1 Å². The van der Waals surface area contributed by atoms with E-state index in [9.17, 15) is 14.4 Å². The maximum Gasteiger partial charge on any atom is 0.268 e. The summed E-state index contributed by atoms with van der Waals surface area (Å²) in [6, 6.07) is 8.53. The summed E-state index contributed by atoms with van der Waals surface area (Å²) in [5.74, 6) is 0.141. The minimum atomic E-state index is -0.187. The molecule has 0 aliphatic carbocycles. The molecule has 2 N–H and O–H groups in total. The van der Waals surface area contributed by atoms with E-state index < -0.39 is 0 Å². The maximum absolute atomic E-state index is 12.9. The minimum Gasteiger partial charge on any atom is -0.331 e. The predicted molar refractivity (Wildman–Crippen MR) is 106 cm³/mol. The Kier molecular flexibility index (Phi) is 5.66. The lowest BCUT2D eigenvalue weighted by atomic mass is 10.1. The number of anilines is 1. The van der Waals surface area contributed by atoms with Crippen molar-refractivity contribution in [3.63, 3.8) is 0 Å². The van der Waals surface area contributed by atoms with Gasteiger partial charge in [-0.3, -0.25) is 14.4 Å². The standard InChI is InChI=1S/C19H20N4O3S/c1-3-9-23(11-16-21-15-8-10-27-17(15)18(25)22-16)19(26)13-4-6-14(7-5-13)20-12(2)24/h4-8,10H,3,9,11H2,1-2H3,(H,20,24)(H,21,22,25). The van der Waals surface area contributed by atoms with Crippen LogP contribution in [0.3, 0.4) is 0 Å². The molecule has 0 saturated carbocycles. The average Bonchev–Trinajstić information content (AvgIpc) is 3.10. The molecule has 0 radical (unpaired) electrons. The van der Waals surface area contributed by atoms with E-state index in [1.165, 1.54) is 18.3 Å². The van der Waals surface area contributed by atoms with Crippen molar-refractivity contribution >= 4 is 39.1 Å². The summed E-state index contributed by atoms with van der Waals surface area (Å²) < 4.78 is 0.584. The number of hydrogen-bond acceptors (Lipinski definition) is 5. The zero-order valence-corrected chi connectivity index (χ0v) is 15.9. The third-order valence-corrected chi connectivity index (χ3v) is 4.84. The van der Waals surface area contributed by atoms with Gasteiger partial charge in [0.25, 0.3) is 11.5 Å². The topological polar surface area (TPSA) is 95.2 Å². The smallest absolute Gasteiger partial charge is 0.268 e. The molecule has 27 heavy (non-hydrogen) atoms. The molecule has 3 rings (SSSR count). The van der Waals surface area contributed by atoms with E-state index in [0.717, 1.165) is 6.42 Å². The molecule has 0 atom stereocenters. The van der Waals surface area contributed by atoms with Gasteiger partial charge in [0, 0.05) is 24.7 Å². The number of carbonyl (C=O) groups excluding carboxylic acids is 2. The van der Waals surface area contributed by atoms with E-state index in [0.29, 0.717) is 33.8 Å². The summed E-state index contributed by atoms with van der Waals surface area (Å²) in [5.41, 5.74) is 1.60. The van der Waals surface area contributed by atoms with E-state index in [1.54, 1.807) is 35.2 Å². The molecule has 2 amide bonds. The molecular formula is C19H20N4O3S. The first-order chi connectivity index (χ1) is 13.0. The molecule has 8 heteroatoms. The summed E-state index contributed by atoms with van der Waals surface area (Å²) in [7, 11) is 0. The highest BCUT2D eigenvalue weighted by molar-refractivity contribution is 7.17. The van der Waals surface area contributed by atoms with Crippen LogP contribution in [-0.4, -0.2) is 33.2 Å². The number of aromatic amines is 1. The van der Waals surface area contributed by atoms with Crippen LogP contribution in [0, 0.1) is 0 Å². The number of amides is 2. The third-order valence-electron chi connectivity index (χ3n) is 3.94. The largest absolute Gasteiger partial charge is 0.331 e. The van der Waals surface area contributed by atoms with Crippen molar-refractivity contribution in [3.05, 3.63) is 57.5 Å². The Morgan fingerprint density at radius 1 is 1.22 bits per heavy atom. The minimum absolute atomic E-state index is 0.153. The van der Waals surface area contributed by atoms with Gasteiger partial charge < -0.3 is 15.2 Å². The highest BCUT2D eigenvalue weighted by Crippen LogP contribution is 2.16. The molecule has 0 aliphatic rings. The molecule has 2 aromatic heterocycles. The molecule has 140 valence electrons. The SMILES string of the molecule is CCCN(Cc1nc2ccsc2c(=O)[nH]1)C(=O)c1ccc(NC(C)=O)cc1. The van der Waals surface area contributed by atoms with Crippen LogP contribution in [-0.2, 0) is 11.3 Å².